The van der Waals surface area contributed by atoms with Crippen molar-refractivity contribution in [2.45, 2.75) is 6.54 Å². The maximum absolute atomic E-state index is 11.8. The topological polar surface area (TPSA) is 94.6 Å². The van der Waals surface area contributed by atoms with Crippen molar-refractivity contribution in [2.75, 3.05) is 33.7 Å². The second-order valence-corrected chi connectivity index (χ2v) is 5.90. The predicted molar refractivity (Wildman–Crippen MR) is 106 cm³/mol. The molecular formula is C20H22N4O4. The van der Waals surface area contributed by atoms with E-state index in [9.17, 15) is 4.79 Å². The van der Waals surface area contributed by atoms with Gasteiger partial charge in [0.05, 0.1) is 26.7 Å². The monoisotopic (exact) mass is 382 g/mol. The number of fused-ring (bicyclic) bond motifs is 1. The summed E-state index contributed by atoms with van der Waals surface area (Å²) < 4.78 is 16.3. The van der Waals surface area contributed by atoms with E-state index in [-0.39, 0.29) is 5.91 Å². The molecule has 28 heavy (non-hydrogen) atoms. The molecule has 0 unspecified atom stereocenters. The van der Waals surface area contributed by atoms with E-state index in [0.717, 1.165) is 10.9 Å². The minimum Gasteiger partial charge on any atom is -0.493 e. The lowest BCUT2D eigenvalue weighted by Crippen LogP contribution is -2.18. The van der Waals surface area contributed by atoms with Crippen molar-refractivity contribution in [1.29, 1.82) is 0 Å². The van der Waals surface area contributed by atoms with E-state index in [4.69, 9.17) is 14.2 Å². The number of carbonyl (C=O) groups excluding carboxylic acids is 1. The van der Waals surface area contributed by atoms with Gasteiger partial charge in [0.2, 0.25) is 5.75 Å². The molecule has 146 valence electrons. The molecular weight excluding hydrogens is 360 g/mol. The van der Waals surface area contributed by atoms with Gasteiger partial charge < -0.3 is 24.8 Å². The molecule has 8 nitrogen and oxygen atoms in total. The molecule has 0 bridgehead atoms. The summed E-state index contributed by atoms with van der Waals surface area (Å²) in [5, 5.41) is 6.65. The van der Waals surface area contributed by atoms with Crippen molar-refractivity contribution < 1.29 is 19.0 Å². The van der Waals surface area contributed by atoms with Gasteiger partial charge in [-0.05, 0) is 23.8 Å². The van der Waals surface area contributed by atoms with E-state index < -0.39 is 0 Å². The Morgan fingerprint density at radius 3 is 2.50 bits per heavy atom. The van der Waals surface area contributed by atoms with Crippen molar-refractivity contribution in [1.82, 2.24) is 15.3 Å². The van der Waals surface area contributed by atoms with E-state index in [1.54, 1.807) is 40.5 Å². The minimum absolute atomic E-state index is 0.129. The smallest absolute Gasteiger partial charge is 0.251 e. The molecule has 8 heteroatoms. The van der Waals surface area contributed by atoms with Gasteiger partial charge >= 0.3 is 0 Å². The average Bonchev–Trinajstić information content (AvgIpc) is 2.75. The summed E-state index contributed by atoms with van der Waals surface area (Å²) in [6.07, 6.45) is 1.46. The molecule has 0 spiro atoms. The molecule has 0 aliphatic carbocycles. The summed E-state index contributed by atoms with van der Waals surface area (Å²) >= 11 is 0. The number of ether oxygens (including phenoxy) is 3. The van der Waals surface area contributed by atoms with Gasteiger partial charge in [-0.15, -0.1) is 0 Å². The third-order valence-corrected chi connectivity index (χ3v) is 4.31. The number of anilines is 1. The van der Waals surface area contributed by atoms with Gasteiger partial charge in [0, 0.05) is 19.2 Å². The lowest BCUT2D eigenvalue weighted by molar-refractivity contribution is 0.0963. The van der Waals surface area contributed by atoms with Crippen LogP contribution in [0.4, 0.5) is 5.82 Å². The number of nitrogens with one attached hydrogen (secondary N) is 2. The number of rotatable bonds is 7. The Morgan fingerprint density at radius 2 is 1.82 bits per heavy atom. The fraction of sp³-hybridized carbons (Fsp3) is 0.250. The van der Waals surface area contributed by atoms with Gasteiger partial charge in [-0.2, -0.15) is 0 Å². The molecule has 2 aromatic carbocycles. The molecule has 0 atom stereocenters. The van der Waals surface area contributed by atoms with Gasteiger partial charge in [-0.25, -0.2) is 9.97 Å². The van der Waals surface area contributed by atoms with Gasteiger partial charge in [0.1, 0.15) is 17.7 Å². The number of hydrogen-bond donors (Lipinski definition) is 2. The highest BCUT2D eigenvalue weighted by molar-refractivity contribution is 5.97. The Labute approximate surface area is 162 Å². The lowest BCUT2D eigenvalue weighted by atomic mass is 10.1. The number of benzene rings is 2. The van der Waals surface area contributed by atoms with Crippen LogP contribution in [0.1, 0.15) is 15.9 Å². The Bertz CT molecular complexity index is 1010. The predicted octanol–water partition coefficient (Wildman–Crippen LogP) is 2.63. The molecule has 0 radical (unpaired) electrons. The van der Waals surface area contributed by atoms with E-state index in [0.29, 0.717) is 40.7 Å². The van der Waals surface area contributed by atoms with Crippen molar-refractivity contribution in [3.05, 3.63) is 47.8 Å². The Balaban J connectivity index is 1.97. The Hall–Kier alpha value is -3.55. The largest absolute Gasteiger partial charge is 0.493 e. The van der Waals surface area contributed by atoms with Crippen LogP contribution in [0.2, 0.25) is 0 Å². The highest BCUT2D eigenvalue weighted by Crippen LogP contribution is 2.43. The lowest BCUT2D eigenvalue weighted by Gasteiger charge is -2.16. The minimum atomic E-state index is -0.129. The molecule has 0 aliphatic rings. The van der Waals surface area contributed by atoms with Crippen LogP contribution in [0.15, 0.2) is 36.7 Å². The molecule has 1 amide bonds. The molecule has 0 saturated carbocycles. The number of hydrogen-bond acceptors (Lipinski definition) is 7. The first-order valence-electron chi connectivity index (χ1n) is 8.61. The third kappa shape index (κ3) is 3.62. The standard InChI is InChI=1S/C20H22N4O4/c1-21-20(25)13-7-5-6-12(8-13)10-22-19-14-9-15(26-2)17(27-3)18(28-4)16(14)23-11-24-19/h5-9,11H,10H2,1-4H3,(H,21,25)(H,22,23,24). The third-order valence-electron chi connectivity index (χ3n) is 4.31. The fourth-order valence-corrected chi connectivity index (χ4v) is 2.96. The van der Waals surface area contributed by atoms with Crippen LogP contribution in [-0.2, 0) is 6.54 Å². The van der Waals surface area contributed by atoms with Crippen LogP contribution in [0.3, 0.4) is 0 Å². The number of methoxy groups -OCH3 is 3. The highest BCUT2D eigenvalue weighted by atomic mass is 16.5. The number of amides is 1. The van der Waals surface area contributed by atoms with Crippen LogP contribution in [0.5, 0.6) is 17.2 Å². The zero-order chi connectivity index (χ0) is 20.1. The first kappa shape index (κ1) is 19.2. The van der Waals surface area contributed by atoms with Crippen LogP contribution in [-0.4, -0.2) is 44.3 Å². The quantitative estimate of drug-likeness (QED) is 0.649. The summed E-state index contributed by atoms with van der Waals surface area (Å²) in [6, 6.07) is 9.19. The number of nitrogens with zero attached hydrogens (tertiary/aromatic N) is 2. The zero-order valence-electron chi connectivity index (χ0n) is 16.2. The molecule has 3 aromatic rings. The number of aromatic nitrogens is 2. The molecule has 2 N–H and O–H groups in total. The first-order valence-corrected chi connectivity index (χ1v) is 8.61. The normalized spacial score (nSPS) is 10.4. The molecule has 1 aromatic heterocycles. The van der Waals surface area contributed by atoms with Crippen molar-refractivity contribution in [2.24, 2.45) is 0 Å². The van der Waals surface area contributed by atoms with E-state index in [1.807, 2.05) is 18.2 Å². The fourth-order valence-electron chi connectivity index (χ4n) is 2.96. The Morgan fingerprint density at radius 1 is 1.04 bits per heavy atom. The molecule has 0 fully saturated rings. The van der Waals surface area contributed by atoms with Crippen LogP contribution in [0, 0.1) is 0 Å². The van der Waals surface area contributed by atoms with E-state index >= 15 is 0 Å². The van der Waals surface area contributed by atoms with Crippen LogP contribution in [0.25, 0.3) is 10.9 Å². The van der Waals surface area contributed by atoms with Crippen LogP contribution < -0.4 is 24.8 Å². The maximum Gasteiger partial charge on any atom is 0.251 e. The van der Waals surface area contributed by atoms with Crippen LogP contribution >= 0.6 is 0 Å². The molecule has 0 aliphatic heterocycles. The average molecular weight is 382 g/mol. The van der Waals surface area contributed by atoms with E-state index in [2.05, 4.69) is 20.6 Å². The summed E-state index contributed by atoms with van der Waals surface area (Å²) in [5.41, 5.74) is 2.15. The van der Waals surface area contributed by atoms with Gasteiger partial charge in [-0.3, -0.25) is 4.79 Å². The summed E-state index contributed by atoms with van der Waals surface area (Å²) in [7, 11) is 6.27. The van der Waals surface area contributed by atoms with Gasteiger partial charge in [-0.1, -0.05) is 12.1 Å². The molecule has 3 rings (SSSR count). The summed E-state index contributed by atoms with van der Waals surface area (Å²) in [4.78, 5) is 20.5. The summed E-state index contributed by atoms with van der Waals surface area (Å²) in [6.45, 7) is 0.480. The Kier molecular flexibility index (Phi) is 5.78. The zero-order valence-corrected chi connectivity index (χ0v) is 16.2. The molecule has 0 saturated heterocycles. The second kappa shape index (κ2) is 8.43. The van der Waals surface area contributed by atoms with E-state index in [1.165, 1.54) is 6.33 Å². The van der Waals surface area contributed by atoms with Gasteiger partial charge in [0.25, 0.3) is 5.91 Å². The maximum atomic E-state index is 11.8. The van der Waals surface area contributed by atoms with Crippen molar-refractivity contribution in [3.8, 4) is 17.2 Å². The highest BCUT2D eigenvalue weighted by Gasteiger charge is 2.19. The van der Waals surface area contributed by atoms with Crippen molar-refractivity contribution >= 4 is 22.6 Å². The second-order valence-electron chi connectivity index (χ2n) is 5.90. The molecule has 1 heterocycles. The number of carbonyl (C=O) groups is 1. The summed E-state index contributed by atoms with van der Waals surface area (Å²) in [5.74, 6) is 1.96. The van der Waals surface area contributed by atoms with Crippen molar-refractivity contribution in [3.63, 3.8) is 0 Å². The SMILES string of the molecule is CNC(=O)c1cccc(CNc2ncnc3c(OC)c(OC)c(OC)cc23)c1. The van der Waals surface area contributed by atoms with Gasteiger partial charge in [0.15, 0.2) is 11.5 Å². The first-order chi connectivity index (χ1) is 13.6.